The van der Waals surface area contributed by atoms with Gasteiger partial charge in [0.1, 0.15) is 2.91 Å². The maximum absolute atomic E-state index is 13.2. The summed E-state index contributed by atoms with van der Waals surface area (Å²) in [6, 6.07) is 26.2. The van der Waals surface area contributed by atoms with Gasteiger partial charge < -0.3 is 0 Å². The van der Waals surface area contributed by atoms with Gasteiger partial charge in [-0.25, -0.2) is 8.42 Å². The van der Waals surface area contributed by atoms with E-state index in [9.17, 15) is 8.42 Å². The first kappa shape index (κ1) is 17.9. The zero-order valence-corrected chi connectivity index (χ0v) is 16.7. The van der Waals surface area contributed by atoms with E-state index in [1.54, 1.807) is 12.1 Å². The molecule has 4 heteroatoms. The third kappa shape index (κ3) is 3.85. The van der Waals surface area contributed by atoms with Crippen LogP contribution in [-0.4, -0.2) is 8.42 Å². The molecule has 126 valence electrons. The van der Waals surface area contributed by atoms with Crippen LogP contribution in [-0.2, 0) is 9.84 Å². The van der Waals surface area contributed by atoms with Gasteiger partial charge in [-0.2, -0.15) is 0 Å². The Hall–Kier alpha value is -1.92. The van der Waals surface area contributed by atoms with Crippen LogP contribution >= 0.6 is 22.6 Å². The van der Waals surface area contributed by atoms with Crippen molar-refractivity contribution in [3.05, 3.63) is 105 Å². The third-order valence-corrected chi connectivity index (χ3v) is 7.74. The zero-order chi connectivity index (χ0) is 17.9. The molecular weight excluding hydrogens is 443 g/mol. The molecule has 2 nitrogen and oxygen atoms in total. The van der Waals surface area contributed by atoms with Crippen molar-refractivity contribution in [1.82, 2.24) is 0 Å². The highest BCUT2D eigenvalue weighted by atomic mass is 127. The van der Waals surface area contributed by atoms with Crippen LogP contribution in [0.4, 0.5) is 0 Å². The lowest BCUT2D eigenvalue weighted by Crippen LogP contribution is -2.04. The molecule has 0 aliphatic carbocycles. The van der Waals surface area contributed by atoms with Gasteiger partial charge in [0.2, 0.25) is 9.84 Å². The van der Waals surface area contributed by atoms with Crippen molar-refractivity contribution in [2.75, 3.05) is 0 Å². The maximum atomic E-state index is 13.2. The summed E-state index contributed by atoms with van der Waals surface area (Å²) >= 11 is 1.96. The first-order chi connectivity index (χ1) is 12.0. The average Bonchev–Trinajstić information content (AvgIpc) is 2.64. The molecule has 3 aromatic rings. The number of sulfone groups is 1. The predicted octanol–water partition coefficient (Wildman–Crippen LogP) is 5.62. The van der Waals surface area contributed by atoms with E-state index in [4.69, 9.17) is 0 Å². The zero-order valence-electron chi connectivity index (χ0n) is 13.7. The second-order valence-electron chi connectivity index (χ2n) is 5.70. The van der Waals surface area contributed by atoms with E-state index in [-0.39, 0.29) is 0 Å². The summed E-state index contributed by atoms with van der Waals surface area (Å²) in [5, 5.41) is 0. The van der Waals surface area contributed by atoms with Gasteiger partial charge >= 0.3 is 0 Å². The molecule has 0 bridgehead atoms. The number of aryl methyl sites for hydroxylation is 1. The van der Waals surface area contributed by atoms with Crippen LogP contribution in [0.3, 0.4) is 0 Å². The summed E-state index contributed by atoms with van der Waals surface area (Å²) in [6.07, 6.45) is 0. The first-order valence-corrected chi connectivity index (χ1v) is 10.4. The molecule has 0 aliphatic rings. The van der Waals surface area contributed by atoms with Crippen molar-refractivity contribution in [1.29, 1.82) is 0 Å². The van der Waals surface area contributed by atoms with Gasteiger partial charge in [0.25, 0.3) is 0 Å². The SMILES string of the molecule is Cc1ccc(S(=O)(=O)C(I)=C(c2ccccc2)c2ccccc2)cc1. The molecule has 0 atom stereocenters. The van der Waals surface area contributed by atoms with E-state index in [1.807, 2.05) is 102 Å². The minimum atomic E-state index is -3.58. The van der Waals surface area contributed by atoms with Gasteiger partial charge in [0.05, 0.1) is 4.90 Å². The summed E-state index contributed by atoms with van der Waals surface area (Å²) in [5.74, 6) is 0. The molecule has 0 aliphatic heterocycles. The molecule has 0 aromatic heterocycles. The van der Waals surface area contributed by atoms with Crippen molar-refractivity contribution < 1.29 is 8.42 Å². The fourth-order valence-electron chi connectivity index (χ4n) is 2.56. The topological polar surface area (TPSA) is 34.1 Å². The van der Waals surface area contributed by atoms with Gasteiger partial charge in [0, 0.05) is 5.57 Å². The normalized spacial score (nSPS) is 11.1. The Kier molecular flexibility index (Phi) is 5.39. The fourth-order valence-corrected chi connectivity index (χ4v) is 5.15. The lowest BCUT2D eigenvalue weighted by molar-refractivity contribution is 0.604. The number of halogens is 1. The second kappa shape index (κ2) is 7.54. The molecule has 0 amide bonds. The Labute approximate surface area is 162 Å². The van der Waals surface area contributed by atoms with Crippen LogP contribution in [0.2, 0.25) is 0 Å². The van der Waals surface area contributed by atoms with Crippen LogP contribution in [0.1, 0.15) is 16.7 Å². The molecule has 0 fully saturated rings. The number of benzene rings is 3. The van der Waals surface area contributed by atoms with Crippen molar-refractivity contribution in [2.24, 2.45) is 0 Å². The third-order valence-electron chi connectivity index (χ3n) is 3.89. The summed E-state index contributed by atoms with van der Waals surface area (Å²) < 4.78 is 26.7. The standard InChI is InChI=1S/C21H17IO2S/c1-16-12-14-19(15-13-16)25(23,24)21(22)20(17-8-4-2-5-9-17)18-10-6-3-7-11-18/h2-15H,1H3. The summed E-state index contributed by atoms with van der Waals surface area (Å²) in [5.41, 5.74) is 3.52. The van der Waals surface area contributed by atoms with Gasteiger partial charge in [-0.05, 0) is 52.8 Å². The van der Waals surface area contributed by atoms with Gasteiger partial charge in [-0.3, -0.25) is 0 Å². The van der Waals surface area contributed by atoms with Gasteiger partial charge in [0.15, 0.2) is 0 Å². The van der Waals surface area contributed by atoms with E-state index in [1.165, 1.54) is 0 Å². The van der Waals surface area contributed by atoms with E-state index < -0.39 is 9.84 Å². The lowest BCUT2D eigenvalue weighted by atomic mass is 10.00. The first-order valence-electron chi connectivity index (χ1n) is 7.82. The minimum absolute atomic E-state index is 0.312. The van der Waals surface area contributed by atoms with Crippen LogP contribution in [0.5, 0.6) is 0 Å². The fraction of sp³-hybridized carbons (Fsp3) is 0.0476. The Bertz CT molecular complexity index is 949. The second-order valence-corrected chi connectivity index (χ2v) is 9.39. The number of rotatable bonds is 4. The molecule has 0 saturated carbocycles. The minimum Gasteiger partial charge on any atom is -0.218 e. The van der Waals surface area contributed by atoms with E-state index in [0.717, 1.165) is 22.3 Å². The Balaban J connectivity index is 2.25. The summed E-state index contributed by atoms with van der Waals surface area (Å²) in [4.78, 5) is 0.312. The van der Waals surface area contributed by atoms with Crippen LogP contribution in [0.25, 0.3) is 5.57 Å². The van der Waals surface area contributed by atoms with Gasteiger partial charge in [-0.15, -0.1) is 0 Å². The van der Waals surface area contributed by atoms with E-state index in [2.05, 4.69) is 0 Å². The molecule has 0 spiro atoms. The smallest absolute Gasteiger partial charge is 0.212 e. The molecule has 0 unspecified atom stereocenters. The summed E-state index contributed by atoms with van der Waals surface area (Å²) in [6.45, 7) is 1.94. The molecule has 3 aromatic carbocycles. The van der Waals surface area contributed by atoms with Crippen molar-refractivity contribution >= 4 is 38.0 Å². The molecule has 0 radical (unpaired) electrons. The highest BCUT2D eigenvalue weighted by Crippen LogP contribution is 2.36. The monoisotopic (exact) mass is 460 g/mol. The van der Waals surface area contributed by atoms with E-state index in [0.29, 0.717) is 7.81 Å². The largest absolute Gasteiger partial charge is 0.218 e. The maximum Gasteiger partial charge on any atom is 0.212 e. The number of hydrogen-bond donors (Lipinski definition) is 0. The lowest BCUT2D eigenvalue weighted by Gasteiger charge is -2.13. The molecule has 3 rings (SSSR count). The molecule has 0 N–H and O–H groups in total. The number of hydrogen-bond acceptors (Lipinski definition) is 2. The van der Waals surface area contributed by atoms with Crippen molar-refractivity contribution in [2.45, 2.75) is 11.8 Å². The Morgan fingerprint density at radius 2 is 1.16 bits per heavy atom. The van der Waals surface area contributed by atoms with Crippen LogP contribution < -0.4 is 0 Å². The van der Waals surface area contributed by atoms with Crippen molar-refractivity contribution in [3.63, 3.8) is 0 Å². The van der Waals surface area contributed by atoms with Crippen molar-refractivity contribution in [3.8, 4) is 0 Å². The molecule has 0 saturated heterocycles. The van der Waals surface area contributed by atoms with Crippen LogP contribution in [0.15, 0.2) is 92.7 Å². The Morgan fingerprint density at radius 3 is 1.60 bits per heavy atom. The molecule has 0 heterocycles. The molecule has 25 heavy (non-hydrogen) atoms. The summed E-state index contributed by atoms with van der Waals surface area (Å²) in [7, 11) is -3.58. The Morgan fingerprint density at radius 1 is 0.720 bits per heavy atom. The van der Waals surface area contributed by atoms with E-state index >= 15 is 0 Å². The van der Waals surface area contributed by atoms with Gasteiger partial charge in [-0.1, -0.05) is 78.4 Å². The highest BCUT2D eigenvalue weighted by Gasteiger charge is 2.24. The molecular formula is C21H17IO2S. The average molecular weight is 460 g/mol. The predicted molar refractivity (Wildman–Crippen MR) is 111 cm³/mol. The quantitative estimate of drug-likeness (QED) is 0.474. The highest BCUT2D eigenvalue weighted by molar-refractivity contribution is 14.1. The van der Waals surface area contributed by atoms with Crippen LogP contribution in [0, 0.1) is 6.92 Å².